The Labute approximate surface area is 111 Å². The van der Waals surface area contributed by atoms with E-state index in [2.05, 4.69) is 20.6 Å². The number of nitrogens with one attached hydrogen (secondary N) is 2. The molecule has 0 bridgehead atoms. The minimum atomic E-state index is 0.0506. The van der Waals surface area contributed by atoms with Gasteiger partial charge in [-0.25, -0.2) is 9.97 Å². The normalized spacial score (nSPS) is 15.2. The standard InChI is InChI=1S/C12H18N4OS/c1-8-3-9(2)16-12(15-8)18-7-11(17)14-6-10-4-13-5-10/h3,10,13H,4-7H2,1-2H3,(H,14,17). The fourth-order valence-corrected chi connectivity index (χ4v) is 2.47. The summed E-state index contributed by atoms with van der Waals surface area (Å²) in [4.78, 5) is 20.2. The minimum Gasteiger partial charge on any atom is -0.355 e. The second-order valence-corrected chi connectivity index (χ2v) is 5.49. The van der Waals surface area contributed by atoms with E-state index in [0.717, 1.165) is 31.0 Å². The van der Waals surface area contributed by atoms with Gasteiger partial charge in [-0.1, -0.05) is 11.8 Å². The molecule has 0 aromatic carbocycles. The van der Waals surface area contributed by atoms with E-state index in [9.17, 15) is 4.79 Å². The number of amides is 1. The molecular weight excluding hydrogens is 248 g/mol. The molecule has 18 heavy (non-hydrogen) atoms. The summed E-state index contributed by atoms with van der Waals surface area (Å²) in [6.07, 6.45) is 0. The smallest absolute Gasteiger partial charge is 0.230 e. The van der Waals surface area contributed by atoms with Crippen LogP contribution in [0.2, 0.25) is 0 Å². The van der Waals surface area contributed by atoms with E-state index < -0.39 is 0 Å². The second-order valence-electron chi connectivity index (χ2n) is 4.55. The van der Waals surface area contributed by atoms with Gasteiger partial charge in [0.1, 0.15) is 0 Å². The third-order valence-electron chi connectivity index (χ3n) is 2.75. The summed E-state index contributed by atoms with van der Waals surface area (Å²) in [7, 11) is 0. The van der Waals surface area contributed by atoms with Crippen LogP contribution in [-0.4, -0.2) is 41.3 Å². The maximum atomic E-state index is 11.6. The van der Waals surface area contributed by atoms with Gasteiger partial charge < -0.3 is 10.6 Å². The van der Waals surface area contributed by atoms with E-state index in [-0.39, 0.29) is 5.91 Å². The summed E-state index contributed by atoms with van der Waals surface area (Å²) in [5.41, 5.74) is 1.87. The summed E-state index contributed by atoms with van der Waals surface area (Å²) in [6, 6.07) is 1.92. The zero-order valence-electron chi connectivity index (χ0n) is 10.7. The summed E-state index contributed by atoms with van der Waals surface area (Å²) in [5, 5.41) is 6.78. The number of carbonyl (C=O) groups excluding carboxylic acids is 1. The van der Waals surface area contributed by atoms with Gasteiger partial charge in [-0.2, -0.15) is 0 Å². The SMILES string of the molecule is Cc1cc(C)nc(SCC(=O)NCC2CNC2)n1. The Balaban J connectivity index is 1.74. The van der Waals surface area contributed by atoms with Crippen LogP contribution in [-0.2, 0) is 4.79 Å². The van der Waals surface area contributed by atoms with Crippen molar-refractivity contribution in [3.8, 4) is 0 Å². The minimum absolute atomic E-state index is 0.0506. The highest BCUT2D eigenvalue weighted by atomic mass is 32.2. The van der Waals surface area contributed by atoms with Crippen LogP contribution in [0.25, 0.3) is 0 Å². The van der Waals surface area contributed by atoms with Crippen LogP contribution in [0.15, 0.2) is 11.2 Å². The fourth-order valence-electron chi connectivity index (χ4n) is 1.69. The largest absolute Gasteiger partial charge is 0.355 e. The number of thioether (sulfide) groups is 1. The first-order valence-electron chi connectivity index (χ1n) is 6.06. The molecule has 0 unspecified atom stereocenters. The van der Waals surface area contributed by atoms with Crippen LogP contribution in [0.3, 0.4) is 0 Å². The first-order chi connectivity index (χ1) is 8.63. The Morgan fingerprint density at radius 3 is 2.67 bits per heavy atom. The highest BCUT2D eigenvalue weighted by Gasteiger charge is 2.17. The van der Waals surface area contributed by atoms with Crippen LogP contribution < -0.4 is 10.6 Å². The van der Waals surface area contributed by atoms with Gasteiger partial charge in [-0.3, -0.25) is 4.79 Å². The second kappa shape index (κ2) is 6.15. The van der Waals surface area contributed by atoms with Crippen LogP contribution >= 0.6 is 11.8 Å². The van der Waals surface area contributed by atoms with Crippen molar-refractivity contribution in [1.29, 1.82) is 0 Å². The van der Waals surface area contributed by atoms with Gasteiger partial charge in [-0.05, 0) is 19.9 Å². The first-order valence-corrected chi connectivity index (χ1v) is 7.04. The van der Waals surface area contributed by atoms with Gasteiger partial charge in [0.2, 0.25) is 5.91 Å². The molecule has 98 valence electrons. The molecule has 0 atom stereocenters. The quantitative estimate of drug-likeness (QED) is 0.601. The Morgan fingerprint density at radius 1 is 1.44 bits per heavy atom. The maximum Gasteiger partial charge on any atom is 0.230 e. The van der Waals surface area contributed by atoms with Crippen LogP contribution in [0.4, 0.5) is 0 Å². The van der Waals surface area contributed by atoms with Gasteiger partial charge in [0.25, 0.3) is 0 Å². The van der Waals surface area contributed by atoms with E-state index in [1.165, 1.54) is 11.8 Å². The van der Waals surface area contributed by atoms with Crippen molar-refractivity contribution in [2.45, 2.75) is 19.0 Å². The molecule has 1 saturated heterocycles. The predicted octanol–water partition coefficient (Wildman–Crippen LogP) is 0.521. The van der Waals surface area contributed by atoms with Crippen molar-refractivity contribution in [2.75, 3.05) is 25.4 Å². The molecule has 6 heteroatoms. The van der Waals surface area contributed by atoms with E-state index in [1.807, 2.05) is 19.9 Å². The fraction of sp³-hybridized carbons (Fsp3) is 0.583. The zero-order chi connectivity index (χ0) is 13.0. The summed E-state index contributed by atoms with van der Waals surface area (Å²) >= 11 is 1.38. The van der Waals surface area contributed by atoms with Gasteiger partial charge >= 0.3 is 0 Å². The zero-order valence-corrected chi connectivity index (χ0v) is 11.5. The van der Waals surface area contributed by atoms with E-state index in [1.54, 1.807) is 0 Å². The molecule has 0 radical (unpaired) electrons. The number of hydrogen-bond acceptors (Lipinski definition) is 5. The van der Waals surface area contributed by atoms with Gasteiger partial charge in [0, 0.05) is 36.9 Å². The Morgan fingerprint density at radius 2 is 2.11 bits per heavy atom. The molecule has 5 nitrogen and oxygen atoms in total. The van der Waals surface area contributed by atoms with E-state index >= 15 is 0 Å². The molecule has 0 spiro atoms. The molecule has 2 heterocycles. The molecular formula is C12H18N4OS. The molecule has 0 saturated carbocycles. The molecule has 2 N–H and O–H groups in total. The molecule has 1 aromatic rings. The topological polar surface area (TPSA) is 66.9 Å². The van der Waals surface area contributed by atoms with E-state index in [0.29, 0.717) is 16.8 Å². The van der Waals surface area contributed by atoms with Crippen molar-refractivity contribution in [3.63, 3.8) is 0 Å². The van der Waals surface area contributed by atoms with Gasteiger partial charge in [-0.15, -0.1) is 0 Å². The summed E-state index contributed by atoms with van der Waals surface area (Å²) < 4.78 is 0. The number of aryl methyl sites for hydroxylation is 2. The monoisotopic (exact) mass is 266 g/mol. The molecule has 0 aliphatic carbocycles. The van der Waals surface area contributed by atoms with Crippen LogP contribution in [0.5, 0.6) is 0 Å². The average Bonchev–Trinajstić information content (AvgIpc) is 2.23. The number of rotatable bonds is 5. The van der Waals surface area contributed by atoms with Gasteiger partial charge in [0.05, 0.1) is 5.75 Å². The molecule has 1 aliphatic rings. The number of aromatic nitrogens is 2. The molecule has 1 fully saturated rings. The highest BCUT2D eigenvalue weighted by Crippen LogP contribution is 2.13. The third-order valence-corrected chi connectivity index (χ3v) is 3.60. The van der Waals surface area contributed by atoms with Gasteiger partial charge in [0.15, 0.2) is 5.16 Å². The lowest BCUT2D eigenvalue weighted by molar-refractivity contribution is -0.118. The van der Waals surface area contributed by atoms with Crippen molar-refractivity contribution in [1.82, 2.24) is 20.6 Å². The number of carbonyl (C=O) groups is 1. The third kappa shape index (κ3) is 3.96. The van der Waals surface area contributed by atoms with Crippen molar-refractivity contribution < 1.29 is 4.79 Å². The molecule has 1 amide bonds. The molecule has 1 aliphatic heterocycles. The van der Waals surface area contributed by atoms with E-state index in [4.69, 9.17) is 0 Å². The van der Waals surface area contributed by atoms with Crippen LogP contribution in [0.1, 0.15) is 11.4 Å². The number of hydrogen-bond donors (Lipinski definition) is 2. The predicted molar refractivity (Wildman–Crippen MR) is 71.6 cm³/mol. The lowest BCUT2D eigenvalue weighted by atomic mass is 10.0. The first kappa shape index (κ1) is 13.3. The molecule has 1 aromatic heterocycles. The van der Waals surface area contributed by atoms with Crippen molar-refractivity contribution >= 4 is 17.7 Å². The Kier molecular flexibility index (Phi) is 4.54. The lowest BCUT2D eigenvalue weighted by Gasteiger charge is -2.26. The van der Waals surface area contributed by atoms with Crippen molar-refractivity contribution in [3.05, 3.63) is 17.5 Å². The lowest BCUT2D eigenvalue weighted by Crippen LogP contribution is -2.48. The number of nitrogens with zero attached hydrogens (tertiary/aromatic N) is 2. The average molecular weight is 266 g/mol. The maximum absolute atomic E-state index is 11.6. The summed E-state index contributed by atoms with van der Waals surface area (Å²) in [5.74, 6) is 1.02. The van der Waals surface area contributed by atoms with Crippen LogP contribution in [0, 0.1) is 19.8 Å². The molecule has 2 rings (SSSR count). The Hall–Kier alpha value is -1.14. The van der Waals surface area contributed by atoms with Crippen molar-refractivity contribution in [2.24, 2.45) is 5.92 Å². The Bertz CT molecular complexity index is 414. The highest BCUT2D eigenvalue weighted by molar-refractivity contribution is 7.99. The summed E-state index contributed by atoms with van der Waals surface area (Å²) in [6.45, 7) is 6.64.